The third-order valence-electron chi connectivity index (χ3n) is 4.25. The molecule has 1 aromatic rings. The Kier molecular flexibility index (Phi) is 6.64. The molecule has 8 heteroatoms. The molecule has 0 aliphatic carbocycles. The maximum Gasteiger partial charge on any atom is 0.401 e. The maximum atomic E-state index is 13.5. The fraction of sp³-hybridized carbons (Fsp3) is 0.588. The topological polar surface area (TPSA) is 39.7 Å². The molecule has 0 radical (unpaired) electrons. The number of alkyl halides is 3. The fourth-order valence-corrected chi connectivity index (χ4v) is 2.87. The smallest absolute Gasteiger partial charge is 0.356 e. The van der Waals surface area contributed by atoms with Gasteiger partial charge in [-0.3, -0.25) is 9.89 Å². The highest BCUT2D eigenvalue weighted by Crippen LogP contribution is 2.22. The lowest BCUT2D eigenvalue weighted by atomic mass is 10.1. The van der Waals surface area contributed by atoms with Crippen molar-refractivity contribution in [3.05, 3.63) is 35.1 Å². The predicted octanol–water partition coefficient (Wildman–Crippen LogP) is 2.68. The summed E-state index contributed by atoms with van der Waals surface area (Å²) in [7, 11) is 1.62. The number of benzene rings is 1. The molecule has 0 bridgehead atoms. The summed E-state index contributed by atoms with van der Waals surface area (Å²) in [6, 6.07) is 5.03. The molecule has 0 saturated carbocycles. The molecule has 2 rings (SSSR count). The minimum absolute atomic E-state index is 0.151. The normalized spacial score (nSPS) is 19.3. The Morgan fingerprint density at radius 1 is 1.32 bits per heavy atom. The summed E-state index contributed by atoms with van der Waals surface area (Å²) < 4.78 is 50.7. The van der Waals surface area contributed by atoms with Crippen LogP contribution in [0.25, 0.3) is 0 Å². The molecule has 0 amide bonds. The van der Waals surface area contributed by atoms with Crippen molar-refractivity contribution in [1.29, 1.82) is 0 Å². The summed E-state index contributed by atoms with van der Waals surface area (Å²) in [4.78, 5) is 5.52. The Morgan fingerprint density at radius 2 is 2.08 bits per heavy atom. The third-order valence-corrected chi connectivity index (χ3v) is 4.25. The van der Waals surface area contributed by atoms with Crippen LogP contribution in [-0.2, 0) is 6.54 Å². The first-order chi connectivity index (χ1) is 11.8. The first kappa shape index (κ1) is 19.5. The Balaban J connectivity index is 1.74. The average molecular weight is 360 g/mol. The number of nitrogens with zero attached hydrogens (tertiary/aromatic N) is 2. The molecule has 1 atom stereocenters. The van der Waals surface area contributed by atoms with Gasteiger partial charge in [0.15, 0.2) is 5.96 Å². The molecule has 1 aromatic carbocycles. The van der Waals surface area contributed by atoms with Crippen molar-refractivity contribution in [1.82, 2.24) is 15.5 Å². The van der Waals surface area contributed by atoms with Crippen LogP contribution in [0.15, 0.2) is 23.2 Å². The van der Waals surface area contributed by atoms with Crippen LogP contribution in [0.4, 0.5) is 17.6 Å². The highest BCUT2D eigenvalue weighted by atomic mass is 19.4. The summed E-state index contributed by atoms with van der Waals surface area (Å²) in [6.45, 7) is 2.71. The molecular weight excluding hydrogens is 336 g/mol. The van der Waals surface area contributed by atoms with E-state index in [0.717, 1.165) is 12.0 Å². The van der Waals surface area contributed by atoms with E-state index in [9.17, 15) is 17.6 Å². The van der Waals surface area contributed by atoms with Gasteiger partial charge in [-0.15, -0.1) is 0 Å². The summed E-state index contributed by atoms with van der Waals surface area (Å²) in [6.07, 6.45) is -3.42. The van der Waals surface area contributed by atoms with E-state index in [1.54, 1.807) is 20.0 Å². The van der Waals surface area contributed by atoms with Crippen molar-refractivity contribution in [3.8, 4) is 0 Å². The maximum absolute atomic E-state index is 13.5. The summed E-state index contributed by atoms with van der Waals surface area (Å²) in [5.74, 6) is 0.450. The van der Waals surface area contributed by atoms with Crippen molar-refractivity contribution in [2.45, 2.75) is 26.1 Å². The van der Waals surface area contributed by atoms with Crippen LogP contribution < -0.4 is 10.6 Å². The number of likely N-dealkylation sites (tertiary alicyclic amines) is 1. The van der Waals surface area contributed by atoms with E-state index in [1.807, 2.05) is 6.07 Å². The molecule has 0 aromatic heterocycles. The van der Waals surface area contributed by atoms with Crippen LogP contribution in [0, 0.1) is 18.7 Å². The van der Waals surface area contributed by atoms with Crippen LogP contribution in [0.5, 0.6) is 0 Å². The van der Waals surface area contributed by atoms with Crippen molar-refractivity contribution in [2.75, 3.05) is 33.2 Å². The lowest BCUT2D eigenvalue weighted by Crippen LogP contribution is -2.40. The van der Waals surface area contributed by atoms with Gasteiger partial charge in [0.25, 0.3) is 0 Å². The number of hydrogen-bond acceptors (Lipinski definition) is 2. The SMILES string of the molecule is CN=C(NCc1ccc(C)c(F)c1)NCC1CCN(CC(F)(F)F)C1. The Bertz CT molecular complexity index is 601. The number of rotatable bonds is 5. The number of hydrogen-bond donors (Lipinski definition) is 2. The molecule has 140 valence electrons. The zero-order valence-electron chi connectivity index (χ0n) is 14.5. The van der Waals surface area contributed by atoms with Gasteiger partial charge >= 0.3 is 6.18 Å². The molecule has 1 heterocycles. The van der Waals surface area contributed by atoms with Crippen LogP contribution in [0.1, 0.15) is 17.5 Å². The Hall–Kier alpha value is -1.83. The van der Waals surface area contributed by atoms with E-state index < -0.39 is 12.7 Å². The van der Waals surface area contributed by atoms with Gasteiger partial charge in [0, 0.05) is 26.7 Å². The van der Waals surface area contributed by atoms with E-state index in [0.29, 0.717) is 37.7 Å². The van der Waals surface area contributed by atoms with Crippen molar-refractivity contribution < 1.29 is 17.6 Å². The molecule has 1 saturated heterocycles. The number of halogens is 4. The number of nitrogens with one attached hydrogen (secondary N) is 2. The quantitative estimate of drug-likeness (QED) is 0.482. The van der Waals surface area contributed by atoms with E-state index in [1.165, 1.54) is 11.0 Å². The minimum atomic E-state index is -4.15. The molecule has 2 N–H and O–H groups in total. The van der Waals surface area contributed by atoms with Crippen molar-refractivity contribution in [3.63, 3.8) is 0 Å². The minimum Gasteiger partial charge on any atom is -0.356 e. The number of aryl methyl sites for hydroxylation is 1. The van der Waals surface area contributed by atoms with Gasteiger partial charge < -0.3 is 10.6 Å². The number of aliphatic imine (C=N–C) groups is 1. The molecular formula is C17H24F4N4. The van der Waals surface area contributed by atoms with E-state index >= 15 is 0 Å². The van der Waals surface area contributed by atoms with Gasteiger partial charge in [-0.2, -0.15) is 13.2 Å². The highest BCUT2D eigenvalue weighted by molar-refractivity contribution is 5.79. The average Bonchev–Trinajstić information content (AvgIpc) is 2.96. The van der Waals surface area contributed by atoms with Crippen LogP contribution in [-0.4, -0.2) is 50.3 Å². The second-order valence-electron chi connectivity index (χ2n) is 6.40. The van der Waals surface area contributed by atoms with Gasteiger partial charge in [-0.05, 0) is 43.0 Å². The van der Waals surface area contributed by atoms with Gasteiger partial charge in [0.1, 0.15) is 5.82 Å². The van der Waals surface area contributed by atoms with Crippen molar-refractivity contribution >= 4 is 5.96 Å². The fourth-order valence-electron chi connectivity index (χ4n) is 2.87. The van der Waals surface area contributed by atoms with Crippen LogP contribution in [0.3, 0.4) is 0 Å². The van der Waals surface area contributed by atoms with Crippen LogP contribution >= 0.6 is 0 Å². The molecule has 0 spiro atoms. The highest BCUT2D eigenvalue weighted by Gasteiger charge is 2.34. The van der Waals surface area contributed by atoms with E-state index in [-0.39, 0.29) is 11.7 Å². The Labute approximate surface area is 145 Å². The van der Waals surface area contributed by atoms with Gasteiger partial charge in [-0.1, -0.05) is 12.1 Å². The first-order valence-corrected chi connectivity index (χ1v) is 8.25. The number of guanidine groups is 1. The van der Waals surface area contributed by atoms with Crippen LogP contribution in [0.2, 0.25) is 0 Å². The van der Waals surface area contributed by atoms with E-state index in [2.05, 4.69) is 15.6 Å². The molecule has 1 fully saturated rings. The monoisotopic (exact) mass is 360 g/mol. The second-order valence-corrected chi connectivity index (χ2v) is 6.40. The lowest BCUT2D eigenvalue weighted by molar-refractivity contribution is -0.143. The van der Waals surface area contributed by atoms with Gasteiger partial charge in [0.05, 0.1) is 6.54 Å². The van der Waals surface area contributed by atoms with E-state index in [4.69, 9.17) is 0 Å². The lowest BCUT2D eigenvalue weighted by Gasteiger charge is -2.18. The largest absolute Gasteiger partial charge is 0.401 e. The third kappa shape index (κ3) is 6.53. The predicted molar refractivity (Wildman–Crippen MR) is 89.9 cm³/mol. The summed E-state index contributed by atoms with van der Waals surface area (Å²) in [5, 5.41) is 6.21. The first-order valence-electron chi connectivity index (χ1n) is 8.25. The second kappa shape index (κ2) is 8.51. The van der Waals surface area contributed by atoms with Gasteiger partial charge in [-0.25, -0.2) is 4.39 Å². The standard InChI is InChI=1S/C17H24F4N4/c1-12-3-4-13(7-15(12)18)8-23-16(22-2)24-9-14-5-6-25(10-14)11-17(19,20)21/h3-4,7,14H,5-6,8-11H2,1-2H3,(H2,22,23,24). The molecule has 25 heavy (non-hydrogen) atoms. The molecule has 1 aliphatic heterocycles. The molecule has 1 aliphatic rings. The Morgan fingerprint density at radius 3 is 2.72 bits per heavy atom. The zero-order valence-corrected chi connectivity index (χ0v) is 14.5. The van der Waals surface area contributed by atoms with Crippen molar-refractivity contribution in [2.24, 2.45) is 10.9 Å². The molecule has 4 nitrogen and oxygen atoms in total. The van der Waals surface area contributed by atoms with Gasteiger partial charge in [0.2, 0.25) is 0 Å². The summed E-state index contributed by atoms with van der Waals surface area (Å²) in [5.41, 5.74) is 1.39. The molecule has 1 unspecified atom stereocenters. The zero-order chi connectivity index (χ0) is 18.4. The summed E-state index contributed by atoms with van der Waals surface area (Å²) >= 11 is 0.